The zero-order valence-electron chi connectivity index (χ0n) is 7.92. The van der Waals surface area contributed by atoms with Crippen molar-refractivity contribution in [1.82, 2.24) is 0 Å². The molecule has 0 amide bonds. The third-order valence-corrected chi connectivity index (χ3v) is 1.95. The second-order valence-electron chi connectivity index (χ2n) is 3.08. The van der Waals surface area contributed by atoms with E-state index in [1.54, 1.807) is 0 Å². The van der Waals surface area contributed by atoms with Gasteiger partial charge in [0.1, 0.15) is 5.82 Å². The molecule has 1 rings (SSSR count). The van der Waals surface area contributed by atoms with Gasteiger partial charge in [0.2, 0.25) is 6.54 Å². The van der Waals surface area contributed by atoms with Gasteiger partial charge in [-0.3, -0.25) is 10.1 Å². The lowest BCUT2D eigenvalue weighted by Crippen LogP contribution is -2.12. The first-order chi connectivity index (χ1) is 7.32. The number of benzene rings is 1. The molecule has 0 N–H and O–H groups in total. The number of nitro groups is 1. The van der Waals surface area contributed by atoms with Gasteiger partial charge in [-0.1, -0.05) is 12.1 Å². The van der Waals surface area contributed by atoms with Gasteiger partial charge >= 0.3 is 6.18 Å². The first-order valence-electron chi connectivity index (χ1n) is 4.28. The van der Waals surface area contributed by atoms with Gasteiger partial charge in [-0.25, -0.2) is 4.39 Å². The number of hydrogen-bond donors (Lipinski definition) is 0. The summed E-state index contributed by atoms with van der Waals surface area (Å²) in [4.78, 5) is 9.32. The van der Waals surface area contributed by atoms with Crippen LogP contribution < -0.4 is 0 Å². The highest BCUT2D eigenvalue weighted by molar-refractivity contribution is 5.28. The molecule has 0 heterocycles. The Labute approximate surface area is 87.8 Å². The summed E-state index contributed by atoms with van der Waals surface area (Å²) >= 11 is 0. The maximum atomic E-state index is 13.3. The van der Waals surface area contributed by atoms with E-state index in [2.05, 4.69) is 0 Å². The van der Waals surface area contributed by atoms with Crippen LogP contribution in [-0.4, -0.2) is 11.5 Å². The van der Waals surface area contributed by atoms with Gasteiger partial charge in [0.05, 0.1) is 5.56 Å². The Morgan fingerprint density at radius 3 is 2.44 bits per heavy atom. The molecule has 0 fully saturated rings. The summed E-state index contributed by atoms with van der Waals surface area (Å²) in [7, 11) is 0. The highest BCUT2D eigenvalue weighted by atomic mass is 19.4. The van der Waals surface area contributed by atoms with Gasteiger partial charge in [0, 0.05) is 11.3 Å². The number of halogens is 4. The van der Waals surface area contributed by atoms with E-state index in [0.717, 1.165) is 12.1 Å². The third kappa shape index (κ3) is 2.91. The quantitative estimate of drug-likeness (QED) is 0.460. The minimum atomic E-state index is -4.78. The summed E-state index contributed by atoms with van der Waals surface area (Å²) in [6.07, 6.45) is -5.14. The van der Waals surface area contributed by atoms with Crippen molar-refractivity contribution in [3.8, 4) is 0 Å². The van der Waals surface area contributed by atoms with Crippen molar-refractivity contribution < 1.29 is 22.5 Å². The van der Waals surface area contributed by atoms with Crippen LogP contribution in [0.4, 0.5) is 17.6 Å². The molecule has 3 nitrogen and oxygen atoms in total. The average molecular weight is 237 g/mol. The number of hydrogen-bond acceptors (Lipinski definition) is 2. The van der Waals surface area contributed by atoms with Crippen LogP contribution in [0, 0.1) is 15.9 Å². The lowest BCUT2D eigenvalue weighted by Gasteiger charge is -2.09. The van der Waals surface area contributed by atoms with Crippen LogP contribution in [-0.2, 0) is 12.6 Å². The first-order valence-corrected chi connectivity index (χ1v) is 4.28. The highest BCUT2D eigenvalue weighted by Crippen LogP contribution is 2.32. The number of rotatable bonds is 3. The molecular formula is C9H7F4NO2. The standard InChI is InChI=1S/C9H7F4NO2/c10-8-6(4-5-14(15)16)2-1-3-7(8)9(11,12)13/h1-3H,4-5H2. The van der Waals surface area contributed by atoms with Crippen LogP contribution in [0.2, 0.25) is 0 Å². The molecule has 0 atom stereocenters. The van der Waals surface area contributed by atoms with Crippen LogP contribution in [0.1, 0.15) is 11.1 Å². The van der Waals surface area contributed by atoms with Gasteiger partial charge in [-0.05, 0) is 11.6 Å². The topological polar surface area (TPSA) is 43.1 Å². The second kappa shape index (κ2) is 4.46. The maximum Gasteiger partial charge on any atom is 0.419 e. The summed E-state index contributed by atoms with van der Waals surface area (Å²) in [5, 5.41) is 10.0. The van der Waals surface area contributed by atoms with Gasteiger partial charge < -0.3 is 0 Å². The molecule has 16 heavy (non-hydrogen) atoms. The Morgan fingerprint density at radius 1 is 1.31 bits per heavy atom. The second-order valence-corrected chi connectivity index (χ2v) is 3.08. The van der Waals surface area contributed by atoms with Crippen molar-refractivity contribution in [1.29, 1.82) is 0 Å². The van der Waals surface area contributed by atoms with Gasteiger partial charge in [0.15, 0.2) is 0 Å². The molecule has 0 spiro atoms. The molecular weight excluding hydrogens is 230 g/mol. The van der Waals surface area contributed by atoms with Crippen molar-refractivity contribution in [2.45, 2.75) is 12.6 Å². The van der Waals surface area contributed by atoms with E-state index in [0.29, 0.717) is 6.07 Å². The Hall–Kier alpha value is -1.66. The fraction of sp³-hybridized carbons (Fsp3) is 0.333. The Kier molecular flexibility index (Phi) is 3.46. The molecule has 0 aliphatic heterocycles. The molecule has 0 saturated carbocycles. The predicted octanol–water partition coefficient (Wildman–Crippen LogP) is 2.66. The van der Waals surface area contributed by atoms with Crippen LogP contribution in [0.5, 0.6) is 0 Å². The predicted molar refractivity (Wildman–Crippen MR) is 47.0 cm³/mol. The molecule has 0 saturated heterocycles. The number of nitrogens with zero attached hydrogens (tertiary/aromatic N) is 1. The van der Waals surface area contributed by atoms with Crippen LogP contribution in [0.15, 0.2) is 18.2 Å². The molecule has 0 aromatic heterocycles. The van der Waals surface area contributed by atoms with Gasteiger partial charge in [-0.15, -0.1) is 0 Å². The molecule has 0 bridgehead atoms. The van der Waals surface area contributed by atoms with Gasteiger partial charge in [-0.2, -0.15) is 13.2 Å². The number of alkyl halides is 3. The van der Waals surface area contributed by atoms with E-state index >= 15 is 0 Å². The third-order valence-electron chi connectivity index (χ3n) is 1.95. The van der Waals surface area contributed by atoms with Crippen LogP contribution in [0.25, 0.3) is 0 Å². The molecule has 0 aliphatic rings. The fourth-order valence-corrected chi connectivity index (χ4v) is 1.20. The monoisotopic (exact) mass is 237 g/mol. The lowest BCUT2D eigenvalue weighted by atomic mass is 10.1. The zero-order chi connectivity index (χ0) is 12.3. The molecule has 7 heteroatoms. The van der Waals surface area contributed by atoms with Crippen molar-refractivity contribution in [3.63, 3.8) is 0 Å². The van der Waals surface area contributed by atoms with E-state index in [1.807, 2.05) is 0 Å². The lowest BCUT2D eigenvalue weighted by molar-refractivity contribution is -0.479. The van der Waals surface area contributed by atoms with E-state index in [1.165, 1.54) is 0 Å². The van der Waals surface area contributed by atoms with Crippen molar-refractivity contribution in [2.75, 3.05) is 6.54 Å². The smallest absolute Gasteiger partial charge is 0.265 e. The summed E-state index contributed by atoms with van der Waals surface area (Å²) in [5.41, 5.74) is -1.69. The largest absolute Gasteiger partial charge is 0.419 e. The summed E-state index contributed by atoms with van der Waals surface area (Å²) in [6, 6.07) is 2.74. The molecule has 88 valence electrons. The molecule has 1 aromatic rings. The van der Waals surface area contributed by atoms with E-state index in [4.69, 9.17) is 0 Å². The van der Waals surface area contributed by atoms with Gasteiger partial charge in [0.25, 0.3) is 0 Å². The summed E-state index contributed by atoms with van der Waals surface area (Å²) in [6.45, 7) is -0.599. The molecule has 0 unspecified atom stereocenters. The fourth-order valence-electron chi connectivity index (χ4n) is 1.20. The molecule has 0 aliphatic carbocycles. The zero-order valence-corrected chi connectivity index (χ0v) is 7.92. The van der Waals surface area contributed by atoms with Crippen molar-refractivity contribution >= 4 is 0 Å². The maximum absolute atomic E-state index is 13.3. The first kappa shape index (κ1) is 12.4. The van der Waals surface area contributed by atoms with E-state index < -0.39 is 29.0 Å². The van der Waals surface area contributed by atoms with Crippen LogP contribution >= 0.6 is 0 Å². The normalized spacial score (nSPS) is 11.5. The summed E-state index contributed by atoms with van der Waals surface area (Å²) in [5.74, 6) is -1.43. The van der Waals surface area contributed by atoms with E-state index in [-0.39, 0.29) is 12.0 Å². The highest BCUT2D eigenvalue weighted by Gasteiger charge is 2.34. The Balaban J connectivity index is 3.00. The Bertz CT molecular complexity index is 403. The Morgan fingerprint density at radius 2 is 1.94 bits per heavy atom. The SMILES string of the molecule is O=[N+]([O-])CCc1cccc(C(F)(F)F)c1F. The minimum absolute atomic E-state index is 0.300. The average Bonchev–Trinajstić information content (AvgIpc) is 2.14. The van der Waals surface area contributed by atoms with Crippen molar-refractivity contribution in [2.24, 2.45) is 0 Å². The molecule has 0 radical (unpaired) electrons. The molecule has 1 aromatic carbocycles. The van der Waals surface area contributed by atoms with Crippen LogP contribution in [0.3, 0.4) is 0 Å². The minimum Gasteiger partial charge on any atom is -0.265 e. The van der Waals surface area contributed by atoms with Crippen molar-refractivity contribution in [3.05, 3.63) is 45.3 Å². The summed E-state index contributed by atoms with van der Waals surface area (Å²) < 4.78 is 50.0. The van der Waals surface area contributed by atoms with E-state index in [9.17, 15) is 27.7 Å².